The van der Waals surface area contributed by atoms with Crippen LogP contribution in [0.1, 0.15) is 40.4 Å². The maximum Gasteiger partial charge on any atom is 0.274 e. The molecule has 0 aliphatic heterocycles. The van der Waals surface area contributed by atoms with E-state index in [9.17, 15) is 9.59 Å². The molecule has 0 saturated carbocycles. The van der Waals surface area contributed by atoms with Crippen molar-refractivity contribution in [1.29, 1.82) is 5.26 Å². The number of nitrogens with one attached hydrogen (secondary N) is 2. The third-order valence-electron chi connectivity index (χ3n) is 3.18. The minimum Gasteiger partial charge on any atom is -0.350 e. The molecule has 0 spiro atoms. The van der Waals surface area contributed by atoms with Crippen LogP contribution in [0.5, 0.6) is 0 Å². The molecule has 0 fully saturated rings. The smallest absolute Gasteiger partial charge is 0.274 e. The minimum atomic E-state index is -0.476. The van der Waals surface area contributed by atoms with Gasteiger partial charge in [-0.25, -0.2) is 4.98 Å². The highest BCUT2D eigenvalue weighted by atomic mass is 16.2. The quantitative estimate of drug-likeness (QED) is 0.884. The van der Waals surface area contributed by atoms with E-state index >= 15 is 0 Å². The lowest BCUT2D eigenvalue weighted by atomic mass is 10.2. The standard InChI is InChI=1S/C18H18N4O2/c1-12(2)11-20-17(23)15-8-5-9-16(21-15)18(24)22-14-7-4-3-6-13(14)10-19/h3-9,12H,11H2,1-2H3,(H,20,23)(H,22,24). The molecule has 6 heteroatoms. The van der Waals surface area contributed by atoms with Gasteiger partial charge >= 0.3 is 0 Å². The molecule has 1 aromatic heterocycles. The van der Waals surface area contributed by atoms with Gasteiger partial charge < -0.3 is 10.6 Å². The molecule has 24 heavy (non-hydrogen) atoms. The molecule has 2 rings (SSSR count). The number of pyridine rings is 1. The van der Waals surface area contributed by atoms with Crippen molar-refractivity contribution >= 4 is 17.5 Å². The van der Waals surface area contributed by atoms with E-state index in [1.165, 1.54) is 6.07 Å². The van der Waals surface area contributed by atoms with Gasteiger partial charge in [-0.15, -0.1) is 0 Å². The molecule has 0 atom stereocenters. The zero-order valence-electron chi connectivity index (χ0n) is 13.5. The molecular formula is C18H18N4O2. The number of aromatic nitrogens is 1. The maximum atomic E-state index is 12.3. The summed E-state index contributed by atoms with van der Waals surface area (Å²) < 4.78 is 0. The average molecular weight is 322 g/mol. The van der Waals surface area contributed by atoms with Gasteiger partial charge in [-0.1, -0.05) is 32.0 Å². The van der Waals surface area contributed by atoms with Crippen molar-refractivity contribution in [3.63, 3.8) is 0 Å². The molecule has 2 N–H and O–H groups in total. The van der Waals surface area contributed by atoms with E-state index in [1.54, 1.807) is 36.4 Å². The summed E-state index contributed by atoms with van der Waals surface area (Å²) in [5.74, 6) is -0.477. The van der Waals surface area contributed by atoms with Gasteiger partial charge in [0.05, 0.1) is 11.3 Å². The van der Waals surface area contributed by atoms with Gasteiger partial charge in [0.25, 0.3) is 11.8 Å². The first-order chi connectivity index (χ1) is 11.5. The van der Waals surface area contributed by atoms with Crippen molar-refractivity contribution in [2.75, 3.05) is 11.9 Å². The molecule has 0 unspecified atom stereocenters. The summed E-state index contributed by atoms with van der Waals surface area (Å²) in [5, 5.41) is 14.4. The molecule has 0 radical (unpaired) electrons. The van der Waals surface area contributed by atoms with E-state index in [-0.39, 0.29) is 17.3 Å². The lowest BCUT2D eigenvalue weighted by Crippen LogP contribution is -2.28. The molecular weight excluding hydrogens is 304 g/mol. The molecule has 1 aromatic carbocycles. The van der Waals surface area contributed by atoms with Crippen LogP contribution in [-0.2, 0) is 0 Å². The first-order valence-corrected chi connectivity index (χ1v) is 7.57. The van der Waals surface area contributed by atoms with Crippen LogP contribution < -0.4 is 10.6 Å². The van der Waals surface area contributed by atoms with E-state index in [1.807, 2.05) is 19.9 Å². The highest BCUT2D eigenvalue weighted by Gasteiger charge is 2.13. The Balaban J connectivity index is 2.14. The second kappa shape index (κ2) is 7.88. The van der Waals surface area contributed by atoms with Crippen molar-refractivity contribution in [2.45, 2.75) is 13.8 Å². The summed E-state index contributed by atoms with van der Waals surface area (Å²) in [5.41, 5.74) is 1.05. The fourth-order valence-electron chi connectivity index (χ4n) is 1.95. The molecule has 2 aromatic rings. The minimum absolute atomic E-state index is 0.111. The van der Waals surface area contributed by atoms with E-state index in [0.717, 1.165) is 0 Å². The van der Waals surface area contributed by atoms with Gasteiger partial charge in [-0.3, -0.25) is 9.59 Å². The number of rotatable bonds is 5. The number of anilines is 1. The number of nitriles is 1. The number of nitrogens with zero attached hydrogens (tertiary/aromatic N) is 2. The van der Waals surface area contributed by atoms with Crippen LogP contribution in [0.3, 0.4) is 0 Å². The van der Waals surface area contributed by atoms with Gasteiger partial charge in [0.15, 0.2) is 0 Å². The van der Waals surface area contributed by atoms with Crippen LogP contribution in [0.15, 0.2) is 42.5 Å². The second-order valence-electron chi connectivity index (χ2n) is 5.62. The van der Waals surface area contributed by atoms with E-state index in [2.05, 4.69) is 15.6 Å². The number of hydrogen-bond acceptors (Lipinski definition) is 4. The van der Waals surface area contributed by atoms with Crippen LogP contribution in [0.25, 0.3) is 0 Å². The lowest BCUT2D eigenvalue weighted by molar-refractivity contribution is 0.0944. The first-order valence-electron chi connectivity index (χ1n) is 7.57. The number of carbonyl (C=O) groups is 2. The third kappa shape index (κ3) is 4.40. The molecule has 0 aliphatic carbocycles. The molecule has 1 heterocycles. The van der Waals surface area contributed by atoms with Gasteiger partial charge in [-0.2, -0.15) is 5.26 Å². The zero-order chi connectivity index (χ0) is 17.5. The Morgan fingerprint density at radius 2 is 1.75 bits per heavy atom. The monoisotopic (exact) mass is 322 g/mol. The summed E-state index contributed by atoms with van der Waals surface area (Å²) in [7, 11) is 0. The van der Waals surface area contributed by atoms with Crippen molar-refractivity contribution in [3.05, 3.63) is 59.4 Å². The topological polar surface area (TPSA) is 94.9 Å². The maximum absolute atomic E-state index is 12.3. The Bertz CT molecular complexity index is 794. The van der Waals surface area contributed by atoms with Crippen LogP contribution in [0.4, 0.5) is 5.69 Å². The van der Waals surface area contributed by atoms with Gasteiger partial charge in [-0.05, 0) is 30.2 Å². The number of hydrogen-bond donors (Lipinski definition) is 2. The Kier molecular flexibility index (Phi) is 5.63. The largest absolute Gasteiger partial charge is 0.350 e. The first kappa shape index (κ1) is 17.2. The van der Waals surface area contributed by atoms with E-state index in [0.29, 0.717) is 23.7 Å². The molecule has 122 valence electrons. The third-order valence-corrected chi connectivity index (χ3v) is 3.18. The fraction of sp³-hybridized carbons (Fsp3) is 0.222. The van der Waals surface area contributed by atoms with Crippen molar-refractivity contribution < 1.29 is 9.59 Å². The molecule has 2 amide bonds. The number of para-hydroxylation sites is 1. The normalized spacial score (nSPS) is 10.1. The van der Waals surface area contributed by atoms with Crippen LogP contribution in [0.2, 0.25) is 0 Å². The summed E-state index contributed by atoms with van der Waals surface area (Å²) in [6, 6.07) is 13.4. The molecule has 0 saturated heterocycles. The highest BCUT2D eigenvalue weighted by molar-refractivity contribution is 6.04. The van der Waals surface area contributed by atoms with Gasteiger partial charge in [0, 0.05) is 6.54 Å². The molecule has 6 nitrogen and oxygen atoms in total. The van der Waals surface area contributed by atoms with Gasteiger partial charge in [0.2, 0.25) is 0 Å². The van der Waals surface area contributed by atoms with Crippen LogP contribution >= 0.6 is 0 Å². The van der Waals surface area contributed by atoms with Crippen molar-refractivity contribution in [3.8, 4) is 6.07 Å². The van der Waals surface area contributed by atoms with E-state index in [4.69, 9.17) is 5.26 Å². The predicted molar refractivity (Wildman–Crippen MR) is 90.5 cm³/mol. The number of amides is 2. The summed E-state index contributed by atoms with van der Waals surface area (Å²) in [4.78, 5) is 28.4. The SMILES string of the molecule is CC(C)CNC(=O)c1cccc(C(=O)Nc2ccccc2C#N)n1. The fourth-order valence-corrected chi connectivity index (χ4v) is 1.95. The lowest BCUT2D eigenvalue weighted by Gasteiger charge is -2.09. The molecule has 0 bridgehead atoms. The Morgan fingerprint density at radius 3 is 2.42 bits per heavy atom. The van der Waals surface area contributed by atoms with Crippen LogP contribution in [-0.4, -0.2) is 23.3 Å². The average Bonchev–Trinajstić information content (AvgIpc) is 2.60. The Morgan fingerprint density at radius 1 is 1.08 bits per heavy atom. The predicted octanol–water partition coefficient (Wildman–Crippen LogP) is 2.59. The highest BCUT2D eigenvalue weighted by Crippen LogP contribution is 2.14. The number of benzene rings is 1. The van der Waals surface area contributed by atoms with Crippen molar-refractivity contribution in [1.82, 2.24) is 10.3 Å². The number of carbonyl (C=O) groups excluding carboxylic acids is 2. The summed E-state index contributed by atoms with van der Waals surface area (Å²) in [6.07, 6.45) is 0. The summed E-state index contributed by atoms with van der Waals surface area (Å²) in [6.45, 7) is 4.51. The molecule has 0 aliphatic rings. The Hall–Kier alpha value is -3.20. The van der Waals surface area contributed by atoms with E-state index < -0.39 is 5.91 Å². The summed E-state index contributed by atoms with van der Waals surface area (Å²) >= 11 is 0. The van der Waals surface area contributed by atoms with Crippen molar-refractivity contribution in [2.24, 2.45) is 5.92 Å². The van der Waals surface area contributed by atoms with Crippen LogP contribution in [0, 0.1) is 17.2 Å². The Labute approximate surface area is 140 Å². The van der Waals surface area contributed by atoms with Gasteiger partial charge in [0.1, 0.15) is 17.5 Å². The zero-order valence-corrected chi connectivity index (χ0v) is 13.5. The second-order valence-corrected chi connectivity index (χ2v) is 5.62.